The third-order valence-electron chi connectivity index (χ3n) is 2.61. The van der Waals surface area contributed by atoms with Gasteiger partial charge in [-0.3, -0.25) is 0 Å². The summed E-state index contributed by atoms with van der Waals surface area (Å²) in [6, 6.07) is 7.89. The van der Waals surface area contributed by atoms with Crippen LogP contribution in [-0.4, -0.2) is 11.6 Å². The summed E-state index contributed by atoms with van der Waals surface area (Å²) in [6.45, 7) is 1.69. The van der Waals surface area contributed by atoms with E-state index in [1.165, 1.54) is 0 Å². The zero-order chi connectivity index (χ0) is 11.1. The standard InChI is InChI=1S/C11H11BrN2O/c1-11(14,6-13)10-5-7-4-8(12)2-3-9(7)15-10/h2-4,10H,5,14H2,1H3. The van der Waals surface area contributed by atoms with Gasteiger partial charge in [0, 0.05) is 10.9 Å². The minimum Gasteiger partial charge on any atom is -0.487 e. The summed E-state index contributed by atoms with van der Waals surface area (Å²) in [5, 5.41) is 8.92. The van der Waals surface area contributed by atoms with Crippen molar-refractivity contribution < 1.29 is 4.74 Å². The average Bonchev–Trinajstić information content (AvgIpc) is 2.61. The Hall–Kier alpha value is -1.05. The molecule has 4 heteroatoms. The summed E-state index contributed by atoms with van der Waals surface area (Å²) in [4.78, 5) is 0. The Morgan fingerprint density at radius 3 is 3.07 bits per heavy atom. The van der Waals surface area contributed by atoms with E-state index in [0.717, 1.165) is 15.8 Å². The lowest BCUT2D eigenvalue weighted by Crippen LogP contribution is -2.49. The first-order valence-corrected chi connectivity index (χ1v) is 5.47. The number of hydrogen-bond donors (Lipinski definition) is 1. The molecule has 0 saturated heterocycles. The van der Waals surface area contributed by atoms with E-state index in [9.17, 15) is 0 Å². The fraction of sp³-hybridized carbons (Fsp3) is 0.364. The Kier molecular flexibility index (Phi) is 2.45. The third kappa shape index (κ3) is 1.85. The zero-order valence-corrected chi connectivity index (χ0v) is 9.91. The molecule has 0 amide bonds. The number of fused-ring (bicyclic) bond motifs is 1. The highest BCUT2D eigenvalue weighted by atomic mass is 79.9. The predicted molar refractivity (Wildman–Crippen MR) is 60.5 cm³/mol. The number of rotatable bonds is 1. The van der Waals surface area contributed by atoms with Gasteiger partial charge in [-0.05, 0) is 30.7 Å². The molecule has 0 radical (unpaired) electrons. The van der Waals surface area contributed by atoms with Crippen LogP contribution in [0.4, 0.5) is 0 Å². The van der Waals surface area contributed by atoms with Crippen molar-refractivity contribution in [1.82, 2.24) is 0 Å². The Labute approximate surface area is 97.0 Å². The smallest absolute Gasteiger partial charge is 0.138 e. The van der Waals surface area contributed by atoms with Gasteiger partial charge in [0.15, 0.2) is 0 Å². The predicted octanol–water partition coefficient (Wildman–Crippen LogP) is 1.99. The highest BCUT2D eigenvalue weighted by Gasteiger charge is 2.37. The highest BCUT2D eigenvalue weighted by molar-refractivity contribution is 9.10. The number of nitrogens with two attached hydrogens (primary N) is 1. The normalized spacial score (nSPS) is 22.4. The van der Waals surface area contributed by atoms with Crippen LogP contribution in [0.5, 0.6) is 5.75 Å². The molecule has 1 aromatic rings. The Morgan fingerprint density at radius 1 is 1.67 bits per heavy atom. The van der Waals surface area contributed by atoms with Crippen molar-refractivity contribution in [3.05, 3.63) is 28.2 Å². The quantitative estimate of drug-likeness (QED) is 0.846. The molecule has 1 heterocycles. The molecule has 0 aromatic heterocycles. The molecule has 0 spiro atoms. The van der Waals surface area contributed by atoms with E-state index >= 15 is 0 Å². The van der Waals surface area contributed by atoms with Gasteiger partial charge >= 0.3 is 0 Å². The minimum atomic E-state index is -0.939. The van der Waals surface area contributed by atoms with Gasteiger partial charge in [0.2, 0.25) is 0 Å². The van der Waals surface area contributed by atoms with Crippen molar-refractivity contribution >= 4 is 15.9 Å². The summed E-state index contributed by atoms with van der Waals surface area (Å²) in [7, 11) is 0. The maximum absolute atomic E-state index is 8.92. The second-order valence-electron chi connectivity index (χ2n) is 3.96. The van der Waals surface area contributed by atoms with Crippen molar-refractivity contribution in [3.8, 4) is 11.8 Å². The van der Waals surface area contributed by atoms with Gasteiger partial charge in [0.1, 0.15) is 17.4 Å². The number of hydrogen-bond acceptors (Lipinski definition) is 3. The van der Waals surface area contributed by atoms with Crippen LogP contribution in [0.25, 0.3) is 0 Å². The molecular formula is C11H11BrN2O. The van der Waals surface area contributed by atoms with Crippen LogP contribution in [0, 0.1) is 11.3 Å². The van der Waals surface area contributed by atoms with Gasteiger partial charge in [0.05, 0.1) is 6.07 Å². The Balaban J connectivity index is 2.27. The van der Waals surface area contributed by atoms with Gasteiger partial charge in [-0.25, -0.2) is 0 Å². The third-order valence-corrected chi connectivity index (χ3v) is 3.10. The molecule has 0 aliphatic carbocycles. The van der Waals surface area contributed by atoms with E-state index < -0.39 is 5.54 Å². The molecule has 2 N–H and O–H groups in total. The van der Waals surface area contributed by atoms with Gasteiger partial charge < -0.3 is 10.5 Å². The van der Waals surface area contributed by atoms with Crippen LogP contribution >= 0.6 is 15.9 Å². The molecule has 15 heavy (non-hydrogen) atoms. The topological polar surface area (TPSA) is 59.0 Å². The van der Waals surface area contributed by atoms with Gasteiger partial charge in [0.25, 0.3) is 0 Å². The van der Waals surface area contributed by atoms with Crippen LogP contribution < -0.4 is 10.5 Å². The van der Waals surface area contributed by atoms with E-state index in [2.05, 4.69) is 22.0 Å². The summed E-state index contributed by atoms with van der Waals surface area (Å²) < 4.78 is 6.66. The van der Waals surface area contributed by atoms with Crippen LogP contribution in [0.15, 0.2) is 22.7 Å². The van der Waals surface area contributed by atoms with Gasteiger partial charge in [-0.15, -0.1) is 0 Å². The van der Waals surface area contributed by atoms with Crippen LogP contribution in [0.2, 0.25) is 0 Å². The van der Waals surface area contributed by atoms with E-state index in [1.54, 1.807) is 6.92 Å². The maximum atomic E-state index is 8.92. The lowest BCUT2D eigenvalue weighted by Gasteiger charge is -2.22. The van der Waals surface area contributed by atoms with Crippen molar-refractivity contribution in [2.45, 2.75) is 25.0 Å². The van der Waals surface area contributed by atoms with Crippen molar-refractivity contribution in [3.63, 3.8) is 0 Å². The Bertz CT molecular complexity index is 437. The van der Waals surface area contributed by atoms with Crippen molar-refractivity contribution in [1.29, 1.82) is 5.26 Å². The van der Waals surface area contributed by atoms with Gasteiger partial charge in [-0.2, -0.15) is 5.26 Å². The first-order valence-electron chi connectivity index (χ1n) is 4.68. The molecule has 2 atom stereocenters. The zero-order valence-electron chi connectivity index (χ0n) is 8.33. The second kappa shape index (κ2) is 3.51. The first kappa shape index (κ1) is 10.5. The monoisotopic (exact) mass is 266 g/mol. The lowest BCUT2D eigenvalue weighted by atomic mass is 9.94. The molecule has 1 aliphatic rings. The molecule has 3 nitrogen and oxygen atoms in total. The van der Waals surface area contributed by atoms with Crippen molar-refractivity contribution in [2.75, 3.05) is 0 Å². The second-order valence-corrected chi connectivity index (χ2v) is 4.87. The molecule has 2 rings (SSSR count). The molecule has 0 bridgehead atoms. The summed E-state index contributed by atoms with van der Waals surface area (Å²) >= 11 is 3.40. The fourth-order valence-electron chi connectivity index (χ4n) is 1.62. The first-order chi connectivity index (χ1) is 7.03. The number of nitrogens with zero attached hydrogens (tertiary/aromatic N) is 1. The molecule has 2 unspecified atom stereocenters. The molecule has 1 aromatic carbocycles. The maximum Gasteiger partial charge on any atom is 0.138 e. The lowest BCUT2D eigenvalue weighted by molar-refractivity contribution is 0.174. The van der Waals surface area contributed by atoms with Crippen LogP contribution in [0.1, 0.15) is 12.5 Å². The van der Waals surface area contributed by atoms with Gasteiger partial charge in [-0.1, -0.05) is 15.9 Å². The van der Waals surface area contributed by atoms with E-state index in [0.29, 0.717) is 6.42 Å². The summed E-state index contributed by atoms with van der Waals surface area (Å²) in [6.07, 6.45) is 0.432. The Morgan fingerprint density at radius 2 is 2.40 bits per heavy atom. The number of benzene rings is 1. The van der Waals surface area contributed by atoms with E-state index in [-0.39, 0.29) is 6.10 Å². The SMILES string of the molecule is CC(N)(C#N)C1Cc2cc(Br)ccc2O1. The molecular weight excluding hydrogens is 256 g/mol. The van der Waals surface area contributed by atoms with Crippen molar-refractivity contribution in [2.24, 2.45) is 5.73 Å². The average molecular weight is 267 g/mol. The molecule has 78 valence electrons. The van der Waals surface area contributed by atoms with E-state index in [1.807, 2.05) is 18.2 Å². The largest absolute Gasteiger partial charge is 0.487 e. The van der Waals surface area contributed by atoms with E-state index in [4.69, 9.17) is 15.7 Å². The summed E-state index contributed by atoms with van der Waals surface area (Å²) in [5.41, 5.74) is 6.00. The number of nitriles is 1. The molecule has 0 fully saturated rings. The highest BCUT2D eigenvalue weighted by Crippen LogP contribution is 2.33. The number of halogens is 1. The van der Waals surface area contributed by atoms with Crippen LogP contribution in [0.3, 0.4) is 0 Å². The fourth-order valence-corrected chi connectivity index (χ4v) is 2.03. The van der Waals surface area contributed by atoms with Crippen LogP contribution in [-0.2, 0) is 6.42 Å². The summed E-state index contributed by atoms with van der Waals surface area (Å²) in [5.74, 6) is 0.829. The minimum absolute atomic E-state index is 0.258. The number of ether oxygens (including phenoxy) is 1. The molecule has 0 saturated carbocycles. The molecule has 1 aliphatic heterocycles.